The van der Waals surface area contributed by atoms with Gasteiger partial charge < -0.3 is 10.2 Å². The van der Waals surface area contributed by atoms with Crippen LogP contribution in [0.4, 0.5) is 4.39 Å². The second-order valence-corrected chi connectivity index (χ2v) is 4.45. The number of nitrogens with two attached hydrogens (primary N) is 1. The van der Waals surface area contributed by atoms with Crippen LogP contribution in [-0.4, -0.2) is 0 Å². The van der Waals surface area contributed by atoms with Crippen molar-refractivity contribution >= 4 is 15.9 Å². The van der Waals surface area contributed by atoms with Gasteiger partial charge in [-0.15, -0.1) is 0 Å². The van der Waals surface area contributed by atoms with Crippen LogP contribution in [0, 0.1) is 12.7 Å². The van der Waals surface area contributed by atoms with E-state index in [1.807, 2.05) is 19.1 Å². The normalized spacial score (nSPS) is 12.8. The van der Waals surface area contributed by atoms with Crippen LogP contribution in [0.1, 0.15) is 23.1 Å². The lowest BCUT2D eigenvalue weighted by atomic mass is 10.1. The second-order valence-electron chi connectivity index (χ2n) is 3.60. The lowest BCUT2D eigenvalue weighted by molar-refractivity contribution is 0.466. The van der Waals surface area contributed by atoms with Gasteiger partial charge in [-0.3, -0.25) is 0 Å². The fourth-order valence-electron chi connectivity index (χ4n) is 1.49. The third-order valence-electron chi connectivity index (χ3n) is 2.37. The van der Waals surface area contributed by atoms with Gasteiger partial charge in [-0.25, -0.2) is 4.39 Å². The number of hydrogen-bond acceptors (Lipinski definition) is 2. The Bertz CT molecular complexity index is 509. The molecule has 0 radical (unpaired) electrons. The smallest absolute Gasteiger partial charge is 0.137 e. The first-order valence-electron chi connectivity index (χ1n) is 4.85. The molecule has 1 atom stereocenters. The highest BCUT2D eigenvalue weighted by Gasteiger charge is 2.13. The largest absolute Gasteiger partial charge is 0.464 e. The van der Waals surface area contributed by atoms with Crippen molar-refractivity contribution in [2.24, 2.45) is 5.73 Å². The van der Waals surface area contributed by atoms with Crippen molar-refractivity contribution in [3.63, 3.8) is 0 Å². The molecule has 1 heterocycles. The first-order chi connectivity index (χ1) is 7.58. The van der Waals surface area contributed by atoms with E-state index in [4.69, 9.17) is 10.2 Å². The van der Waals surface area contributed by atoms with Crippen molar-refractivity contribution in [3.05, 3.63) is 57.7 Å². The molecule has 2 nitrogen and oxygen atoms in total. The van der Waals surface area contributed by atoms with Crippen LogP contribution in [-0.2, 0) is 0 Å². The van der Waals surface area contributed by atoms with E-state index in [1.165, 1.54) is 6.07 Å². The third kappa shape index (κ3) is 2.18. The van der Waals surface area contributed by atoms with Crippen molar-refractivity contribution in [1.29, 1.82) is 0 Å². The monoisotopic (exact) mass is 283 g/mol. The Hall–Kier alpha value is -1.13. The fourth-order valence-corrected chi connectivity index (χ4v) is 1.89. The maximum Gasteiger partial charge on any atom is 0.137 e. The molecule has 0 spiro atoms. The molecule has 16 heavy (non-hydrogen) atoms. The summed E-state index contributed by atoms with van der Waals surface area (Å²) >= 11 is 3.13. The van der Waals surface area contributed by atoms with Gasteiger partial charge in [0.1, 0.15) is 17.3 Å². The van der Waals surface area contributed by atoms with Crippen molar-refractivity contribution in [3.8, 4) is 0 Å². The Morgan fingerprint density at radius 1 is 1.31 bits per heavy atom. The van der Waals surface area contributed by atoms with E-state index in [0.29, 0.717) is 10.2 Å². The lowest BCUT2D eigenvalue weighted by Gasteiger charge is -2.09. The molecule has 0 fully saturated rings. The molecule has 0 aliphatic rings. The van der Waals surface area contributed by atoms with Gasteiger partial charge in [0.05, 0.1) is 10.5 Å². The SMILES string of the molecule is Cc1ccc(C(N)c2ccc(F)c(Br)c2)o1. The zero-order valence-corrected chi connectivity index (χ0v) is 10.3. The number of aryl methyl sites for hydroxylation is 1. The Morgan fingerprint density at radius 3 is 2.62 bits per heavy atom. The molecule has 0 saturated carbocycles. The molecule has 84 valence electrons. The van der Waals surface area contributed by atoms with E-state index in [9.17, 15) is 4.39 Å². The van der Waals surface area contributed by atoms with E-state index in [0.717, 1.165) is 11.3 Å². The predicted octanol–water partition coefficient (Wildman–Crippen LogP) is 3.54. The topological polar surface area (TPSA) is 39.2 Å². The maximum atomic E-state index is 13.1. The summed E-state index contributed by atoms with van der Waals surface area (Å²) in [6.07, 6.45) is 0. The summed E-state index contributed by atoms with van der Waals surface area (Å²) in [5, 5.41) is 0. The Labute approximate surface area is 101 Å². The molecule has 4 heteroatoms. The quantitative estimate of drug-likeness (QED) is 0.916. The average Bonchev–Trinajstić information content (AvgIpc) is 2.68. The molecule has 0 bridgehead atoms. The number of furan rings is 1. The van der Waals surface area contributed by atoms with E-state index < -0.39 is 0 Å². The summed E-state index contributed by atoms with van der Waals surface area (Å²) in [7, 11) is 0. The molecular formula is C12H11BrFNO. The van der Waals surface area contributed by atoms with Gasteiger partial charge in [-0.2, -0.15) is 0 Å². The maximum absolute atomic E-state index is 13.1. The van der Waals surface area contributed by atoms with Crippen molar-refractivity contribution in [1.82, 2.24) is 0 Å². The van der Waals surface area contributed by atoms with E-state index in [2.05, 4.69) is 15.9 Å². The number of benzene rings is 1. The Morgan fingerprint density at radius 2 is 2.06 bits per heavy atom. The van der Waals surface area contributed by atoms with Gasteiger partial charge >= 0.3 is 0 Å². The average molecular weight is 284 g/mol. The van der Waals surface area contributed by atoms with Gasteiger partial charge in [0.25, 0.3) is 0 Å². The number of hydrogen-bond donors (Lipinski definition) is 1. The lowest BCUT2D eigenvalue weighted by Crippen LogP contribution is -2.10. The molecule has 0 aliphatic carbocycles. The third-order valence-corrected chi connectivity index (χ3v) is 2.98. The minimum Gasteiger partial charge on any atom is -0.464 e. The fraction of sp³-hybridized carbons (Fsp3) is 0.167. The first kappa shape index (κ1) is 11.4. The van der Waals surface area contributed by atoms with Crippen LogP contribution >= 0.6 is 15.9 Å². The molecular weight excluding hydrogens is 273 g/mol. The standard InChI is InChI=1S/C12H11BrFNO/c1-7-2-5-11(16-7)12(15)8-3-4-10(14)9(13)6-8/h2-6,12H,15H2,1H3. The highest BCUT2D eigenvalue weighted by Crippen LogP contribution is 2.25. The summed E-state index contributed by atoms with van der Waals surface area (Å²) in [4.78, 5) is 0. The Kier molecular flexibility index (Phi) is 3.12. The molecule has 1 aromatic heterocycles. The summed E-state index contributed by atoms with van der Waals surface area (Å²) in [5.74, 6) is 1.19. The van der Waals surface area contributed by atoms with Gasteiger partial charge in [-0.1, -0.05) is 6.07 Å². The van der Waals surface area contributed by atoms with Gasteiger partial charge in [0.2, 0.25) is 0 Å². The molecule has 2 aromatic rings. The van der Waals surface area contributed by atoms with Gasteiger partial charge in [0, 0.05) is 0 Å². The Balaban J connectivity index is 2.33. The van der Waals surface area contributed by atoms with Crippen LogP contribution in [0.2, 0.25) is 0 Å². The first-order valence-corrected chi connectivity index (χ1v) is 5.64. The molecule has 2 N–H and O–H groups in total. The molecule has 0 amide bonds. The van der Waals surface area contributed by atoms with Gasteiger partial charge in [0.15, 0.2) is 0 Å². The zero-order valence-electron chi connectivity index (χ0n) is 8.71. The van der Waals surface area contributed by atoms with E-state index >= 15 is 0 Å². The molecule has 1 aromatic carbocycles. The predicted molar refractivity (Wildman–Crippen MR) is 63.6 cm³/mol. The molecule has 1 unspecified atom stereocenters. The highest BCUT2D eigenvalue weighted by atomic mass is 79.9. The van der Waals surface area contributed by atoms with Crippen LogP contribution in [0.5, 0.6) is 0 Å². The highest BCUT2D eigenvalue weighted by molar-refractivity contribution is 9.10. The number of halogens is 2. The van der Waals surface area contributed by atoms with E-state index in [-0.39, 0.29) is 11.9 Å². The van der Waals surface area contributed by atoms with Crippen molar-refractivity contribution in [2.45, 2.75) is 13.0 Å². The molecule has 0 aliphatic heterocycles. The van der Waals surface area contributed by atoms with Crippen LogP contribution < -0.4 is 5.73 Å². The second kappa shape index (κ2) is 4.39. The zero-order chi connectivity index (χ0) is 11.7. The van der Waals surface area contributed by atoms with Crippen LogP contribution in [0.15, 0.2) is 39.2 Å². The van der Waals surface area contributed by atoms with Crippen LogP contribution in [0.25, 0.3) is 0 Å². The van der Waals surface area contributed by atoms with E-state index in [1.54, 1.807) is 12.1 Å². The summed E-state index contributed by atoms with van der Waals surface area (Å²) in [6.45, 7) is 1.86. The van der Waals surface area contributed by atoms with Crippen molar-refractivity contribution < 1.29 is 8.81 Å². The summed E-state index contributed by atoms with van der Waals surface area (Å²) in [6, 6.07) is 8.02. The minimum atomic E-state index is -0.370. The van der Waals surface area contributed by atoms with Crippen LogP contribution in [0.3, 0.4) is 0 Å². The van der Waals surface area contributed by atoms with Gasteiger partial charge in [-0.05, 0) is 52.7 Å². The minimum absolute atomic E-state index is 0.299. The van der Waals surface area contributed by atoms with Crippen molar-refractivity contribution in [2.75, 3.05) is 0 Å². The summed E-state index contributed by atoms with van der Waals surface area (Å²) in [5.41, 5.74) is 6.82. The number of rotatable bonds is 2. The molecule has 0 saturated heterocycles. The molecule has 2 rings (SSSR count). The summed E-state index contributed by atoms with van der Waals surface area (Å²) < 4.78 is 18.9.